The van der Waals surface area contributed by atoms with Crippen molar-refractivity contribution < 1.29 is 4.74 Å². The van der Waals surface area contributed by atoms with Crippen molar-refractivity contribution in [3.05, 3.63) is 17.5 Å². The van der Waals surface area contributed by atoms with Crippen LogP contribution in [0.15, 0.2) is 6.07 Å². The van der Waals surface area contributed by atoms with E-state index in [1.807, 2.05) is 18.7 Å². The van der Waals surface area contributed by atoms with Crippen LogP contribution in [0.3, 0.4) is 0 Å². The van der Waals surface area contributed by atoms with Crippen molar-refractivity contribution in [3.8, 4) is 0 Å². The normalized spacial score (nSPS) is 13.0. The fraction of sp³-hybridized carbons (Fsp3) is 0.750. The van der Waals surface area contributed by atoms with Crippen LogP contribution in [-0.4, -0.2) is 29.5 Å². The molecule has 0 amide bonds. The second-order valence-electron chi connectivity index (χ2n) is 4.02. The van der Waals surface area contributed by atoms with E-state index in [1.54, 1.807) is 0 Å². The molecule has 92 valence electrons. The minimum Gasteiger partial charge on any atom is -0.379 e. The number of aryl methyl sites for hydroxylation is 2. The zero-order chi connectivity index (χ0) is 12.0. The third-order valence-corrected chi connectivity index (χ3v) is 2.48. The maximum Gasteiger partial charge on any atom is 0.0729 e. The van der Waals surface area contributed by atoms with E-state index in [0.29, 0.717) is 6.61 Å². The number of ether oxygens (including phenoxy) is 1. The summed E-state index contributed by atoms with van der Waals surface area (Å²) in [5, 5.41) is 7.79. The third-order valence-electron chi connectivity index (χ3n) is 2.48. The number of likely N-dealkylation sites (N-methyl/N-ethyl adjacent to an activating group) is 1. The lowest BCUT2D eigenvalue weighted by molar-refractivity contribution is 0.110. The SMILES string of the molecule is CCCOCC(NCC)c1cc(C)nn1C. The van der Waals surface area contributed by atoms with Crippen LogP contribution in [0.5, 0.6) is 0 Å². The zero-order valence-corrected chi connectivity index (χ0v) is 10.8. The first kappa shape index (κ1) is 13.2. The van der Waals surface area contributed by atoms with Crippen LogP contribution in [0, 0.1) is 6.92 Å². The van der Waals surface area contributed by atoms with Gasteiger partial charge in [-0.15, -0.1) is 0 Å². The molecule has 4 heteroatoms. The van der Waals surface area contributed by atoms with Crippen LogP contribution in [-0.2, 0) is 11.8 Å². The zero-order valence-electron chi connectivity index (χ0n) is 10.8. The summed E-state index contributed by atoms with van der Waals surface area (Å²) in [5.41, 5.74) is 2.24. The Bertz CT molecular complexity index is 309. The minimum atomic E-state index is 0.239. The Morgan fingerprint density at radius 3 is 2.75 bits per heavy atom. The molecular formula is C12H23N3O. The standard InChI is InChI=1S/C12H23N3O/c1-5-7-16-9-11(13-6-2)12-8-10(3)14-15(12)4/h8,11,13H,5-7,9H2,1-4H3. The van der Waals surface area contributed by atoms with Gasteiger partial charge >= 0.3 is 0 Å². The molecule has 16 heavy (non-hydrogen) atoms. The summed E-state index contributed by atoms with van der Waals surface area (Å²) in [6.45, 7) is 8.70. The van der Waals surface area contributed by atoms with Crippen LogP contribution >= 0.6 is 0 Å². The quantitative estimate of drug-likeness (QED) is 0.719. The number of nitrogens with zero attached hydrogens (tertiary/aromatic N) is 2. The topological polar surface area (TPSA) is 39.1 Å². The fourth-order valence-electron chi connectivity index (χ4n) is 1.80. The van der Waals surface area contributed by atoms with Gasteiger partial charge in [-0.1, -0.05) is 13.8 Å². The van der Waals surface area contributed by atoms with Crippen LogP contribution < -0.4 is 5.32 Å². The monoisotopic (exact) mass is 225 g/mol. The Hall–Kier alpha value is -0.870. The van der Waals surface area contributed by atoms with Gasteiger partial charge in [-0.3, -0.25) is 4.68 Å². The molecule has 1 rings (SSSR count). The van der Waals surface area contributed by atoms with Crippen molar-refractivity contribution in [2.24, 2.45) is 7.05 Å². The number of hydrogen-bond acceptors (Lipinski definition) is 3. The number of rotatable bonds is 7. The van der Waals surface area contributed by atoms with Crippen LogP contribution in [0.1, 0.15) is 37.7 Å². The molecular weight excluding hydrogens is 202 g/mol. The van der Waals surface area contributed by atoms with Crippen LogP contribution in [0.25, 0.3) is 0 Å². The van der Waals surface area contributed by atoms with Crippen LogP contribution in [0.2, 0.25) is 0 Å². The predicted molar refractivity (Wildman–Crippen MR) is 65.5 cm³/mol. The number of aromatic nitrogens is 2. The van der Waals surface area contributed by atoms with E-state index in [4.69, 9.17) is 4.74 Å². The molecule has 1 aromatic heterocycles. The van der Waals surface area contributed by atoms with Gasteiger partial charge in [0.05, 0.1) is 24.0 Å². The van der Waals surface area contributed by atoms with Crippen molar-refractivity contribution >= 4 is 0 Å². The lowest BCUT2D eigenvalue weighted by atomic mass is 10.2. The molecule has 4 nitrogen and oxygen atoms in total. The van der Waals surface area contributed by atoms with E-state index in [0.717, 1.165) is 25.3 Å². The molecule has 0 aliphatic carbocycles. The summed E-state index contributed by atoms with van der Waals surface area (Å²) >= 11 is 0. The fourth-order valence-corrected chi connectivity index (χ4v) is 1.80. The van der Waals surface area contributed by atoms with Gasteiger partial charge in [-0.05, 0) is 26.0 Å². The van der Waals surface area contributed by atoms with E-state index in [9.17, 15) is 0 Å². The van der Waals surface area contributed by atoms with E-state index in [1.165, 1.54) is 5.69 Å². The van der Waals surface area contributed by atoms with Crippen molar-refractivity contribution in [1.82, 2.24) is 15.1 Å². The number of hydrogen-bond donors (Lipinski definition) is 1. The van der Waals surface area contributed by atoms with Crippen molar-refractivity contribution in [1.29, 1.82) is 0 Å². The highest BCUT2D eigenvalue weighted by Gasteiger charge is 2.14. The molecule has 0 bridgehead atoms. The van der Waals surface area contributed by atoms with E-state index in [-0.39, 0.29) is 6.04 Å². The molecule has 1 atom stereocenters. The smallest absolute Gasteiger partial charge is 0.0729 e. The predicted octanol–water partition coefficient (Wildman–Crippen LogP) is 1.81. The minimum absolute atomic E-state index is 0.239. The molecule has 0 saturated carbocycles. The molecule has 0 spiro atoms. The van der Waals surface area contributed by atoms with Gasteiger partial charge in [0, 0.05) is 13.7 Å². The number of nitrogens with one attached hydrogen (secondary N) is 1. The summed E-state index contributed by atoms with van der Waals surface area (Å²) in [4.78, 5) is 0. The van der Waals surface area contributed by atoms with Crippen molar-refractivity contribution in [2.75, 3.05) is 19.8 Å². The summed E-state index contributed by atoms with van der Waals surface area (Å²) in [6, 6.07) is 2.35. The third kappa shape index (κ3) is 3.61. The summed E-state index contributed by atoms with van der Waals surface area (Å²) in [7, 11) is 1.98. The molecule has 0 aromatic carbocycles. The van der Waals surface area contributed by atoms with Gasteiger partial charge in [0.2, 0.25) is 0 Å². The molecule has 0 aliphatic rings. The lowest BCUT2D eigenvalue weighted by Crippen LogP contribution is -2.27. The Balaban J connectivity index is 2.64. The van der Waals surface area contributed by atoms with Crippen molar-refractivity contribution in [3.63, 3.8) is 0 Å². The summed E-state index contributed by atoms with van der Waals surface area (Å²) in [5.74, 6) is 0. The molecule has 0 saturated heterocycles. The molecule has 0 fully saturated rings. The van der Waals surface area contributed by atoms with Gasteiger partial charge in [-0.2, -0.15) is 5.10 Å². The van der Waals surface area contributed by atoms with Gasteiger partial charge < -0.3 is 10.1 Å². The highest BCUT2D eigenvalue weighted by atomic mass is 16.5. The van der Waals surface area contributed by atoms with Crippen LogP contribution in [0.4, 0.5) is 0 Å². The van der Waals surface area contributed by atoms with Gasteiger partial charge in [-0.25, -0.2) is 0 Å². The highest BCUT2D eigenvalue weighted by molar-refractivity contribution is 5.13. The molecule has 1 aromatic rings. The summed E-state index contributed by atoms with van der Waals surface area (Å²) < 4.78 is 7.54. The van der Waals surface area contributed by atoms with E-state index >= 15 is 0 Å². The second-order valence-corrected chi connectivity index (χ2v) is 4.02. The molecule has 1 heterocycles. The van der Waals surface area contributed by atoms with Gasteiger partial charge in [0.15, 0.2) is 0 Å². The van der Waals surface area contributed by atoms with E-state index < -0.39 is 0 Å². The maximum absolute atomic E-state index is 5.61. The van der Waals surface area contributed by atoms with Gasteiger partial charge in [0.1, 0.15) is 0 Å². The second kappa shape index (κ2) is 6.66. The Morgan fingerprint density at radius 1 is 1.50 bits per heavy atom. The van der Waals surface area contributed by atoms with Gasteiger partial charge in [0.25, 0.3) is 0 Å². The Morgan fingerprint density at radius 2 is 2.25 bits per heavy atom. The average Bonchev–Trinajstić information content (AvgIpc) is 2.57. The lowest BCUT2D eigenvalue weighted by Gasteiger charge is -2.18. The molecule has 0 aliphatic heterocycles. The largest absolute Gasteiger partial charge is 0.379 e. The Kier molecular flexibility index (Phi) is 5.49. The van der Waals surface area contributed by atoms with E-state index in [2.05, 4.69) is 30.3 Å². The first-order valence-electron chi connectivity index (χ1n) is 6.00. The summed E-state index contributed by atoms with van der Waals surface area (Å²) in [6.07, 6.45) is 1.06. The molecule has 1 unspecified atom stereocenters. The first-order chi connectivity index (χ1) is 7.69. The molecule has 0 radical (unpaired) electrons. The Labute approximate surface area is 98.0 Å². The first-order valence-corrected chi connectivity index (χ1v) is 6.00. The average molecular weight is 225 g/mol. The highest BCUT2D eigenvalue weighted by Crippen LogP contribution is 2.14. The molecule has 1 N–H and O–H groups in total. The van der Waals surface area contributed by atoms with Crippen molar-refractivity contribution in [2.45, 2.75) is 33.2 Å². The maximum atomic E-state index is 5.61.